The van der Waals surface area contributed by atoms with Crippen molar-refractivity contribution in [1.29, 1.82) is 0 Å². The standard InChI is InChI=1S/C29H34N2O4/c1-20(16-21-6-4-3-5-7-21)31-15-13-22(23(19-31)17-29(33)34)8-11-28(32)25-12-14-30-27-10-9-24(35-2)18-26(25)27/h3-7,9-10,12,14,18,22-23,28,32H,1,8,11,13,15-17,19H2,2H3,(H,33,34)/t22-,23+,28?/m1/s1. The van der Waals surface area contributed by atoms with E-state index in [0.717, 1.165) is 53.7 Å². The molecule has 0 aliphatic carbocycles. The van der Waals surface area contributed by atoms with Gasteiger partial charge in [0.15, 0.2) is 0 Å². The summed E-state index contributed by atoms with van der Waals surface area (Å²) in [6.07, 6.45) is 4.20. The average Bonchev–Trinajstić information content (AvgIpc) is 2.87. The number of aromatic nitrogens is 1. The van der Waals surface area contributed by atoms with E-state index in [1.54, 1.807) is 13.3 Å². The lowest BCUT2D eigenvalue weighted by atomic mass is 9.79. The number of fused-ring (bicyclic) bond motifs is 1. The minimum absolute atomic E-state index is 0.0234. The lowest BCUT2D eigenvalue weighted by molar-refractivity contribution is -0.139. The highest BCUT2D eigenvalue weighted by atomic mass is 16.5. The Hall–Kier alpha value is -3.38. The fraction of sp³-hybridized carbons (Fsp3) is 0.379. The molecule has 0 amide bonds. The van der Waals surface area contributed by atoms with E-state index in [1.165, 1.54) is 5.56 Å². The molecule has 2 N–H and O–H groups in total. The van der Waals surface area contributed by atoms with Crippen molar-refractivity contribution < 1.29 is 19.7 Å². The molecule has 2 aromatic carbocycles. The minimum atomic E-state index is -0.775. The maximum Gasteiger partial charge on any atom is 0.303 e. The Kier molecular flexibility index (Phi) is 8.03. The molecule has 6 heteroatoms. The Bertz CT molecular complexity index is 1160. The predicted octanol–water partition coefficient (Wildman–Crippen LogP) is 5.23. The van der Waals surface area contributed by atoms with Crippen molar-refractivity contribution in [3.8, 4) is 5.75 Å². The van der Waals surface area contributed by atoms with Crippen molar-refractivity contribution in [3.05, 3.63) is 84.2 Å². The second-order valence-corrected chi connectivity index (χ2v) is 9.46. The van der Waals surface area contributed by atoms with Gasteiger partial charge in [0.2, 0.25) is 0 Å². The first-order valence-corrected chi connectivity index (χ1v) is 12.2. The molecule has 2 heterocycles. The molecule has 35 heavy (non-hydrogen) atoms. The van der Waals surface area contributed by atoms with E-state index in [9.17, 15) is 15.0 Å². The number of benzene rings is 2. The molecule has 1 unspecified atom stereocenters. The number of carboxylic acid groups (broad SMARTS) is 1. The second-order valence-electron chi connectivity index (χ2n) is 9.46. The molecule has 3 aromatic rings. The summed E-state index contributed by atoms with van der Waals surface area (Å²) in [4.78, 5) is 18.3. The number of pyridine rings is 1. The number of carbonyl (C=O) groups is 1. The zero-order chi connectivity index (χ0) is 24.8. The molecule has 1 aliphatic rings. The Morgan fingerprint density at radius 1 is 1.20 bits per heavy atom. The normalized spacial score (nSPS) is 18.9. The van der Waals surface area contributed by atoms with Crippen LogP contribution in [-0.2, 0) is 11.2 Å². The zero-order valence-corrected chi connectivity index (χ0v) is 20.3. The van der Waals surface area contributed by atoms with E-state index < -0.39 is 12.1 Å². The van der Waals surface area contributed by atoms with Crippen LogP contribution in [0.5, 0.6) is 5.75 Å². The van der Waals surface area contributed by atoms with Gasteiger partial charge in [-0.15, -0.1) is 0 Å². The van der Waals surface area contributed by atoms with Gasteiger partial charge in [-0.2, -0.15) is 0 Å². The van der Waals surface area contributed by atoms with Crippen LogP contribution in [0.1, 0.15) is 42.9 Å². The summed E-state index contributed by atoms with van der Waals surface area (Å²) < 4.78 is 5.35. The summed E-state index contributed by atoms with van der Waals surface area (Å²) in [6.45, 7) is 5.84. The molecule has 0 radical (unpaired) electrons. The number of methoxy groups -OCH3 is 1. The van der Waals surface area contributed by atoms with Crippen LogP contribution in [0.15, 0.2) is 73.1 Å². The number of hydrogen-bond donors (Lipinski definition) is 2. The van der Waals surface area contributed by atoms with E-state index in [0.29, 0.717) is 13.0 Å². The van der Waals surface area contributed by atoms with Gasteiger partial charge in [-0.1, -0.05) is 36.9 Å². The first-order chi connectivity index (χ1) is 16.9. The van der Waals surface area contributed by atoms with Gasteiger partial charge in [0.1, 0.15) is 5.75 Å². The minimum Gasteiger partial charge on any atom is -0.497 e. The molecular formula is C29H34N2O4. The van der Waals surface area contributed by atoms with Gasteiger partial charge in [0.05, 0.1) is 25.2 Å². The fourth-order valence-corrected chi connectivity index (χ4v) is 5.24. The fourth-order valence-electron chi connectivity index (χ4n) is 5.24. The molecule has 0 saturated carbocycles. The summed E-state index contributed by atoms with van der Waals surface area (Å²) in [5, 5.41) is 21.5. The van der Waals surface area contributed by atoms with Crippen LogP contribution >= 0.6 is 0 Å². The first-order valence-electron chi connectivity index (χ1n) is 12.2. The lowest BCUT2D eigenvalue weighted by Crippen LogP contribution is -2.41. The summed E-state index contributed by atoms with van der Waals surface area (Å²) in [7, 11) is 1.62. The third kappa shape index (κ3) is 6.20. The monoisotopic (exact) mass is 474 g/mol. The van der Waals surface area contributed by atoms with E-state index in [-0.39, 0.29) is 18.3 Å². The average molecular weight is 475 g/mol. The van der Waals surface area contributed by atoms with Crippen LogP contribution in [0.4, 0.5) is 0 Å². The molecular weight excluding hydrogens is 440 g/mol. The molecule has 3 atom stereocenters. The lowest BCUT2D eigenvalue weighted by Gasteiger charge is -2.40. The van der Waals surface area contributed by atoms with Crippen molar-refractivity contribution in [2.75, 3.05) is 20.2 Å². The van der Waals surface area contributed by atoms with Gasteiger partial charge in [0.25, 0.3) is 0 Å². The number of carboxylic acids is 1. The molecule has 1 fully saturated rings. The van der Waals surface area contributed by atoms with Gasteiger partial charge >= 0.3 is 5.97 Å². The third-order valence-electron chi connectivity index (χ3n) is 7.18. The third-order valence-corrected chi connectivity index (χ3v) is 7.18. The highest BCUT2D eigenvalue weighted by Gasteiger charge is 2.31. The van der Waals surface area contributed by atoms with Crippen LogP contribution in [0.2, 0.25) is 0 Å². The zero-order valence-electron chi connectivity index (χ0n) is 20.3. The van der Waals surface area contributed by atoms with Gasteiger partial charge in [-0.3, -0.25) is 9.78 Å². The Morgan fingerprint density at radius 3 is 2.74 bits per heavy atom. The first kappa shape index (κ1) is 24.7. The van der Waals surface area contributed by atoms with Gasteiger partial charge in [-0.25, -0.2) is 0 Å². The van der Waals surface area contributed by atoms with Crippen molar-refractivity contribution in [3.63, 3.8) is 0 Å². The number of ether oxygens (including phenoxy) is 1. The van der Waals surface area contributed by atoms with E-state index >= 15 is 0 Å². The van der Waals surface area contributed by atoms with Crippen molar-refractivity contribution >= 4 is 16.9 Å². The topological polar surface area (TPSA) is 82.9 Å². The largest absolute Gasteiger partial charge is 0.497 e. The molecule has 6 nitrogen and oxygen atoms in total. The van der Waals surface area contributed by atoms with E-state index in [4.69, 9.17) is 4.74 Å². The van der Waals surface area contributed by atoms with Gasteiger partial charge in [-0.05, 0) is 66.5 Å². The smallest absolute Gasteiger partial charge is 0.303 e. The molecule has 1 saturated heterocycles. The van der Waals surface area contributed by atoms with Crippen LogP contribution in [0.3, 0.4) is 0 Å². The SMILES string of the molecule is C=C(Cc1ccccc1)N1CC[C@@H](CCC(O)c2ccnc3ccc(OC)cc23)[C@@H](CC(=O)O)C1. The summed E-state index contributed by atoms with van der Waals surface area (Å²) in [6, 6.07) is 17.7. The summed E-state index contributed by atoms with van der Waals surface area (Å²) in [5.74, 6) is 0.214. The van der Waals surface area contributed by atoms with Gasteiger partial charge < -0.3 is 19.8 Å². The van der Waals surface area contributed by atoms with Crippen LogP contribution in [0, 0.1) is 11.8 Å². The molecule has 0 bridgehead atoms. The number of allylic oxidation sites excluding steroid dienone is 1. The number of aliphatic carboxylic acids is 1. The Morgan fingerprint density at radius 2 is 2.00 bits per heavy atom. The Balaban J connectivity index is 1.41. The number of aliphatic hydroxyl groups excluding tert-OH is 1. The number of likely N-dealkylation sites (tertiary alicyclic amines) is 1. The predicted molar refractivity (Wildman–Crippen MR) is 137 cm³/mol. The van der Waals surface area contributed by atoms with Crippen LogP contribution < -0.4 is 4.74 Å². The summed E-state index contributed by atoms with van der Waals surface area (Å²) >= 11 is 0. The number of rotatable bonds is 10. The maximum atomic E-state index is 11.6. The molecule has 4 rings (SSSR count). The highest BCUT2D eigenvalue weighted by molar-refractivity contribution is 5.83. The molecule has 1 aromatic heterocycles. The van der Waals surface area contributed by atoms with Crippen molar-refractivity contribution in [2.24, 2.45) is 11.8 Å². The van der Waals surface area contributed by atoms with Crippen LogP contribution in [-0.4, -0.2) is 46.3 Å². The highest BCUT2D eigenvalue weighted by Crippen LogP contribution is 2.35. The maximum absolute atomic E-state index is 11.6. The van der Waals surface area contributed by atoms with Gasteiger partial charge in [0, 0.05) is 36.8 Å². The van der Waals surface area contributed by atoms with E-state index in [1.807, 2.05) is 42.5 Å². The number of aliphatic hydroxyl groups is 1. The van der Waals surface area contributed by atoms with E-state index in [2.05, 4.69) is 28.6 Å². The molecule has 0 spiro atoms. The van der Waals surface area contributed by atoms with Crippen molar-refractivity contribution in [1.82, 2.24) is 9.88 Å². The number of piperidine rings is 1. The quantitative estimate of drug-likeness (QED) is 0.419. The number of hydrogen-bond acceptors (Lipinski definition) is 5. The Labute approximate surface area is 206 Å². The van der Waals surface area contributed by atoms with Crippen molar-refractivity contribution in [2.45, 2.75) is 38.2 Å². The molecule has 184 valence electrons. The van der Waals surface area contributed by atoms with Crippen LogP contribution in [0.25, 0.3) is 10.9 Å². The second kappa shape index (κ2) is 11.4. The summed E-state index contributed by atoms with van der Waals surface area (Å²) in [5.41, 5.74) is 3.88. The number of nitrogens with zero attached hydrogens (tertiary/aromatic N) is 2. The molecule has 1 aliphatic heterocycles.